The van der Waals surface area contributed by atoms with Crippen molar-refractivity contribution in [1.82, 2.24) is 0 Å². The third-order valence-corrected chi connectivity index (χ3v) is 5.62. The van der Waals surface area contributed by atoms with Gasteiger partial charge in [0.15, 0.2) is 0 Å². The highest BCUT2D eigenvalue weighted by molar-refractivity contribution is 5.93. The standard InChI is InChI=1S/C30H26F6O4/c1-5-9-20(8-4)26(37)39-24-16-12-22(13-17-24)28(29(31,32)33,30(34,35)36)23-14-18-25(19-15-23)40-27(38)21(10-6-2)11-7-3/h5-19H,2H2,1,3-4H3/b9-5-,11-7-,20-8+,21-10+. The molecular weight excluding hydrogens is 538 g/mol. The number of ether oxygens (including phenoxy) is 2. The molecular formula is C30H26F6O4. The average molecular weight is 565 g/mol. The summed E-state index contributed by atoms with van der Waals surface area (Å²) in [5, 5.41) is 0. The lowest BCUT2D eigenvalue weighted by Crippen LogP contribution is -2.54. The summed E-state index contributed by atoms with van der Waals surface area (Å²) in [5.41, 5.74) is -6.54. The Morgan fingerprint density at radius 2 is 1.05 bits per heavy atom. The Morgan fingerprint density at radius 3 is 1.38 bits per heavy atom. The van der Waals surface area contributed by atoms with Crippen LogP contribution in [0.5, 0.6) is 11.5 Å². The maximum Gasteiger partial charge on any atom is 0.411 e. The first kappa shape index (κ1) is 31.9. The van der Waals surface area contributed by atoms with Gasteiger partial charge in [-0.25, -0.2) is 9.59 Å². The molecule has 0 radical (unpaired) electrons. The molecule has 0 spiro atoms. The van der Waals surface area contributed by atoms with Gasteiger partial charge in [-0.1, -0.05) is 67.3 Å². The predicted octanol–water partition coefficient (Wildman–Crippen LogP) is 8.12. The number of allylic oxidation sites excluding steroid dienone is 5. The second-order valence-corrected chi connectivity index (χ2v) is 8.18. The number of carbonyl (C=O) groups is 2. The summed E-state index contributed by atoms with van der Waals surface area (Å²) in [6, 6.07) is 5.80. The zero-order valence-electron chi connectivity index (χ0n) is 21.8. The molecule has 0 amide bonds. The maximum absolute atomic E-state index is 14.4. The number of carbonyl (C=O) groups excluding carboxylic acids is 2. The molecule has 0 aliphatic heterocycles. The van der Waals surface area contributed by atoms with Crippen molar-refractivity contribution in [3.05, 3.63) is 120 Å². The van der Waals surface area contributed by atoms with Gasteiger partial charge in [-0.3, -0.25) is 0 Å². The van der Waals surface area contributed by atoms with Gasteiger partial charge in [-0.15, -0.1) is 0 Å². The van der Waals surface area contributed by atoms with Crippen LogP contribution >= 0.6 is 0 Å². The summed E-state index contributed by atoms with van der Waals surface area (Å²) in [6.07, 6.45) is -1.66. The zero-order valence-corrected chi connectivity index (χ0v) is 21.8. The lowest BCUT2D eigenvalue weighted by Gasteiger charge is -2.38. The van der Waals surface area contributed by atoms with Crippen molar-refractivity contribution >= 4 is 11.9 Å². The van der Waals surface area contributed by atoms with Gasteiger partial charge in [-0.2, -0.15) is 26.3 Å². The fourth-order valence-corrected chi connectivity index (χ4v) is 3.82. The van der Waals surface area contributed by atoms with Crippen molar-refractivity contribution < 1.29 is 45.4 Å². The van der Waals surface area contributed by atoms with Crippen molar-refractivity contribution in [1.29, 1.82) is 0 Å². The third kappa shape index (κ3) is 6.80. The summed E-state index contributed by atoms with van der Waals surface area (Å²) in [5.74, 6) is -2.24. The van der Waals surface area contributed by atoms with Gasteiger partial charge in [0.1, 0.15) is 11.5 Å². The first-order chi connectivity index (χ1) is 18.8. The van der Waals surface area contributed by atoms with Crippen molar-refractivity contribution in [2.45, 2.75) is 38.5 Å². The minimum absolute atomic E-state index is 0.0644. The van der Waals surface area contributed by atoms with E-state index in [1.165, 1.54) is 36.5 Å². The molecule has 0 N–H and O–H groups in total. The van der Waals surface area contributed by atoms with E-state index in [0.717, 1.165) is 24.3 Å². The molecule has 4 nitrogen and oxygen atoms in total. The lowest BCUT2D eigenvalue weighted by molar-refractivity contribution is -0.288. The third-order valence-electron chi connectivity index (χ3n) is 5.62. The molecule has 10 heteroatoms. The number of rotatable bonds is 9. The van der Waals surface area contributed by atoms with E-state index >= 15 is 0 Å². The van der Waals surface area contributed by atoms with Crippen LogP contribution in [0.3, 0.4) is 0 Å². The smallest absolute Gasteiger partial charge is 0.411 e. The van der Waals surface area contributed by atoms with E-state index in [-0.39, 0.29) is 22.6 Å². The molecule has 0 aromatic heterocycles. The topological polar surface area (TPSA) is 52.6 Å². The molecule has 0 bridgehead atoms. The fraction of sp³-hybridized carbons (Fsp3) is 0.200. The molecule has 0 aliphatic carbocycles. The maximum atomic E-state index is 14.4. The Kier molecular flexibility index (Phi) is 10.5. The number of hydrogen-bond acceptors (Lipinski definition) is 4. The van der Waals surface area contributed by atoms with E-state index in [2.05, 4.69) is 6.58 Å². The Bertz CT molecular complexity index is 1310. The molecule has 212 valence electrons. The first-order valence-corrected chi connectivity index (χ1v) is 11.8. The van der Waals surface area contributed by atoms with E-state index in [1.807, 2.05) is 0 Å². The zero-order chi connectivity index (χ0) is 30.1. The van der Waals surface area contributed by atoms with Crippen molar-refractivity contribution in [3.8, 4) is 11.5 Å². The van der Waals surface area contributed by atoms with Crippen LogP contribution in [-0.4, -0.2) is 24.3 Å². The van der Waals surface area contributed by atoms with Crippen LogP contribution in [0.15, 0.2) is 109 Å². The van der Waals surface area contributed by atoms with E-state index in [1.54, 1.807) is 26.8 Å². The Morgan fingerprint density at radius 1 is 0.675 bits per heavy atom. The highest BCUT2D eigenvalue weighted by Gasteiger charge is 2.72. The van der Waals surface area contributed by atoms with Crippen molar-refractivity contribution in [3.63, 3.8) is 0 Å². The van der Waals surface area contributed by atoms with Crippen LogP contribution in [0.4, 0.5) is 26.3 Å². The highest BCUT2D eigenvalue weighted by Crippen LogP contribution is 2.56. The SMILES string of the molecule is C=C/C=C(\C=C/C)C(=O)Oc1ccc(C(c2ccc(OC(=O)C(/C=C\C)=C/C)cc2)(C(F)(F)F)C(F)(F)F)cc1. The van der Waals surface area contributed by atoms with E-state index in [4.69, 9.17) is 9.47 Å². The fourth-order valence-electron chi connectivity index (χ4n) is 3.82. The normalized spacial score (nSPS) is 13.5. The number of alkyl halides is 6. The van der Waals surface area contributed by atoms with Crippen LogP contribution in [0.25, 0.3) is 0 Å². The highest BCUT2D eigenvalue weighted by atomic mass is 19.4. The van der Waals surface area contributed by atoms with Gasteiger partial charge in [0, 0.05) is 0 Å². The molecule has 0 fully saturated rings. The molecule has 2 aromatic carbocycles. The van der Waals surface area contributed by atoms with Gasteiger partial charge >= 0.3 is 24.3 Å². The summed E-state index contributed by atoms with van der Waals surface area (Å²) < 4.78 is 96.9. The predicted molar refractivity (Wildman–Crippen MR) is 139 cm³/mol. The van der Waals surface area contributed by atoms with Gasteiger partial charge in [0.25, 0.3) is 0 Å². The van der Waals surface area contributed by atoms with E-state index < -0.39 is 40.8 Å². The van der Waals surface area contributed by atoms with Crippen molar-refractivity contribution in [2.24, 2.45) is 0 Å². The van der Waals surface area contributed by atoms with Gasteiger partial charge in [0.05, 0.1) is 11.1 Å². The second kappa shape index (κ2) is 13.1. The Balaban J connectivity index is 2.55. The molecule has 0 heterocycles. The summed E-state index contributed by atoms with van der Waals surface area (Å²) >= 11 is 0. The van der Waals surface area contributed by atoms with Gasteiger partial charge in [0.2, 0.25) is 5.41 Å². The molecule has 40 heavy (non-hydrogen) atoms. The molecule has 0 saturated carbocycles. The van der Waals surface area contributed by atoms with Crippen LogP contribution in [0.1, 0.15) is 31.9 Å². The number of esters is 2. The quantitative estimate of drug-likeness (QED) is 0.102. The summed E-state index contributed by atoms with van der Waals surface area (Å²) in [6.45, 7) is 8.31. The minimum Gasteiger partial charge on any atom is -0.423 e. The van der Waals surface area contributed by atoms with E-state index in [9.17, 15) is 35.9 Å². The first-order valence-electron chi connectivity index (χ1n) is 11.8. The summed E-state index contributed by atoms with van der Waals surface area (Å²) in [7, 11) is 0. The number of benzene rings is 2. The van der Waals surface area contributed by atoms with Crippen molar-refractivity contribution in [2.75, 3.05) is 0 Å². The van der Waals surface area contributed by atoms with Crippen LogP contribution in [0.2, 0.25) is 0 Å². The van der Waals surface area contributed by atoms with Crippen LogP contribution < -0.4 is 9.47 Å². The van der Waals surface area contributed by atoms with Gasteiger partial charge < -0.3 is 9.47 Å². The van der Waals surface area contributed by atoms with Crippen LogP contribution in [-0.2, 0) is 15.0 Å². The minimum atomic E-state index is -5.84. The van der Waals surface area contributed by atoms with E-state index in [0.29, 0.717) is 24.3 Å². The monoisotopic (exact) mass is 564 g/mol. The molecule has 2 aromatic rings. The molecule has 0 atom stereocenters. The van der Waals surface area contributed by atoms with Gasteiger partial charge in [-0.05, 0) is 62.2 Å². The second-order valence-electron chi connectivity index (χ2n) is 8.18. The van der Waals surface area contributed by atoms with Crippen LogP contribution in [0, 0.1) is 0 Å². The largest absolute Gasteiger partial charge is 0.423 e. The molecule has 0 aliphatic rings. The molecule has 0 saturated heterocycles. The lowest BCUT2D eigenvalue weighted by atomic mass is 9.73. The Hall–Kier alpha value is -4.34. The Labute approximate surface area is 227 Å². The molecule has 0 unspecified atom stereocenters. The number of halogens is 6. The summed E-state index contributed by atoms with van der Waals surface area (Å²) in [4.78, 5) is 24.6. The molecule has 2 rings (SSSR count). The average Bonchev–Trinajstić information content (AvgIpc) is 2.87. The number of hydrogen-bond donors (Lipinski definition) is 0.